The van der Waals surface area contributed by atoms with Gasteiger partial charge < -0.3 is 9.47 Å². The number of sulfonamides is 1. The maximum atomic E-state index is 12.7. The Hall–Kier alpha value is -1.45. The lowest BCUT2D eigenvalue weighted by atomic mass is 10.1. The molecule has 1 saturated heterocycles. The molecule has 0 radical (unpaired) electrons. The Labute approximate surface area is 129 Å². The van der Waals surface area contributed by atoms with Crippen molar-refractivity contribution in [1.82, 2.24) is 18.3 Å². The minimum Gasteiger partial charge on any atom is -0.306 e. The van der Waals surface area contributed by atoms with E-state index in [0.29, 0.717) is 0 Å². The van der Waals surface area contributed by atoms with Gasteiger partial charge in [-0.15, -0.1) is 0 Å². The number of piperidine rings is 1. The molecule has 1 aromatic heterocycles. The van der Waals surface area contributed by atoms with Crippen LogP contribution in [-0.4, -0.2) is 60.0 Å². The summed E-state index contributed by atoms with van der Waals surface area (Å²) in [7, 11) is 2.27. The van der Waals surface area contributed by atoms with Crippen molar-refractivity contribution < 1.29 is 8.42 Å². The van der Waals surface area contributed by atoms with E-state index < -0.39 is 21.3 Å². The van der Waals surface area contributed by atoms with E-state index in [0.717, 1.165) is 41.3 Å². The largest absolute Gasteiger partial charge is 0.330 e. The molecule has 0 aromatic carbocycles. The fourth-order valence-corrected chi connectivity index (χ4v) is 4.22. The van der Waals surface area contributed by atoms with Crippen molar-refractivity contribution in [3.63, 3.8) is 0 Å². The van der Waals surface area contributed by atoms with Crippen molar-refractivity contribution in [2.24, 2.45) is 14.1 Å². The Morgan fingerprint density at radius 3 is 2.23 bits per heavy atom. The van der Waals surface area contributed by atoms with Gasteiger partial charge in [-0.05, 0) is 33.0 Å². The quantitative estimate of drug-likeness (QED) is 0.695. The standard InChI is InChI=1S/C13H22N4O4S/c1-14-7-5-10(6-8-14)17(4)22(20,21)11-9-15(2)13(19)16(3)12(11)18/h9-10H,5-8H2,1-4H3. The summed E-state index contributed by atoms with van der Waals surface area (Å²) in [5, 5.41) is 0. The van der Waals surface area contributed by atoms with Gasteiger partial charge in [0.25, 0.3) is 5.56 Å². The zero-order valence-electron chi connectivity index (χ0n) is 13.3. The molecule has 0 aliphatic carbocycles. The highest BCUT2D eigenvalue weighted by atomic mass is 32.2. The maximum Gasteiger partial charge on any atom is 0.330 e. The van der Waals surface area contributed by atoms with Crippen LogP contribution in [0.25, 0.3) is 0 Å². The Morgan fingerprint density at radius 1 is 1.14 bits per heavy atom. The molecule has 1 fully saturated rings. The molecule has 1 aromatic rings. The van der Waals surface area contributed by atoms with Gasteiger partial charge in [0.05, 0.1) is 0 Å². The summed E-state index contributed by atoms with van der Waals surface area (Å²) in [6, 6.07) is -0.136. The first-order valence-electron chi connectivity index (χ1n) is 7.09. The lowest BCUT2D eigenvalue weighted by molar-refractivity contribution is 0.197. The molecule has 0 atom stereocenters. The van der Waals surface area contributed by atoms with Crippen molar-refractivity contribution in [3.05, 3.63) is 27.0 Å². The molecular weight excluding hydrogens is 308 g/mol. The summed E-state index contributed by atoms with van der Waals surface area (Å²) in [5.74, 6) is 0. The van der Waals surface area contributed by atoms with E-state index in [1.54, 1.807) is 0 Å². The van der Waals surface area contributed by atoms with E-state index in [-0.39, 0.29) is 10.9 Å². The number of rotatable bonds is 3. The first kappa shape index (κ1) is 16.9. The summed E-state index contributed by atoms with van der Waals surface area (Å²) in [6.45, 7) is 1.63. The second-order valence-corrected chi connectivity index (χ2v) is 7.77. The molecule has 124 valence electrons. The molecule has 1 aliphatic rings. The SMILES string of the molecule is CN1CCC(N(C)S(=O)(=O)c2cn(C)c(=O)n(C)c2=O)CC1. The lowest BCUT2D eigenvalue weighted by Crippen LogP contribution is -2.47. The molecule has 0 N–H and O–H groups in total. The molecule has 9 heteroatoms. The predicted octanol–water partition coefficient (Wildman–Crippen LogP) is -1.20. The minimum absolute atomic E-state index is 0.136. The van der Waals surface area contributed by atoms with Crippen LogP contribution in [0.4, 0.5) is 0 Å². The van der Waals surface area contributed by atoms with Crippen LogP contribution < -0.4 is 11.2 Å². The third-order valence-corrected chi connectivity index (χ3v) is 6.17. The highest BCUT2D eigenvalue weighted by molar-refractivity contribution is 7.89. The molecule has 22 heavy (non-hydrogen) atoms. The minimum atomic E-state index is -3.93. The molecule has 2 heterocycles. The maximum absolute atomic E-state index is 12.7. The van der Waals surface area contributed by atoms with E-state index >= 15 is 0 Å². The van der Waals surface area contributed by atoms with Crippen LogP contribution in [0, 0.1) is 0 Å². The van der Waals surface area contributed by atoms with Crippen molar-refractivity contribution >= 4 is 10.0 Å². The molecule has 8 nitrogen and oxygen atoms in total. The number of likely N-dealkylation sites (tertiary alicyclic amines) is 1. The predicted molar refractivity (Wildman–Crippen MR) is 82.4 cm³/mol. The van der Waals surface area contributed by atoms with Gasteiger partial charge in [0.2, 0.25) is 10.0 Å². The number of hydrogen-bond acceptors (Lipinski definition) is 5. The van der Waals surface area contributed by atoms with E-state index in [4.69, 9.17) is 0 Å². The topological polar surface area (TPSA) is 84.6 Å². The van der Waals surface area contributed by atoms with Crippen LogP contribution in [0.15, 0.2) is 20.7 Å². The van der Waals surface area contributed by atoms with Crippen LogP contribution in [0.5, 0.6) is 0 Å². The highest BCUT2D eigenvalue weighted by Crippen LogP contribution is 2.20. The van der Waals surface area contributed by atoms with Gasteiger partial charge in [-0.3, -0.25) is 9.36 Å². The molecule has 0 bridgehead atoms. The summed E-state index contributed by atoms with van der Waals surface area (Å²) in [4.78, 5) is 25.6. The van der Waals surface area contributed by atoms with Crippen LogP contribution in [0.2, 0.25) is 0 Å². The normalized spacial score (nSPS) is 18.0. The van der Waals surface area contributed by atoms with Crippen LogP contribution in [-0.2, 0) is 24.1 Å². The Balaban J connectivity index is 2.43. The third kappa shape index (κ3) is 2.88. The van der Waals surface area contributed by atoms with Crippen LogP contribution >= 0.6 is 0 Å². The average molecular weight is 330 g/mol. The van der Waals surface area contributed by atoms with Gasteiger partial charge >= 0.3 is 5.69 Å². The first-order valence-corrected chi connectivity index (χ1v) is 8.53. The first-order chi connectivity index (χ1) is 10.2. The zero-order chi connectivity index (χ0) is 16.7. The van der Waals surface area contributed by atoms with Crippen LogP contribution in [0.1, 0.15) is 12.8 Å². The monoisotopic (exact) mass is 330 g/mol. The van der Waals surface area contributed by atoms with Crippen molar-refractivity contribution in [3.8, 4) is 0 Å². The Bertz CT molecular complexity index is 772. The number of aromatic nitrogens is 2. The van der Waals surface area contributed by atoms with Gasteiger partial charge in [0.1, 0.15) is 0 Å². The molecule has 0 amide bonds. The van der Waals surface area contributed by atoms with E-state index in [1.807, 2.05) is 7.05 Å². The number of aryl methyl sites for hydroxylation is 1. The summed E-state index contributed by atoms with van der Waals surface area (Å²) in [5.41, 5.74) is -1.34. The van der Waals surface area contributed by atoms with Gasteiger partial charge in [0.15, 0.2) is 4.90 Å². The van der Waals surface area contributed by atoms with Gasteiger partial charge in [0, 0.05) is 33.4 Å². The molecule has 0 saturated carbocycles. The molecular formula is C13H22N4O4S. The lowest BCUT2D eigenvalue weighted by Gasteiger charge is -2.34. The van der Waals surface area contributed by atoms with Gasteiger partial charge in [-0.25, -0.2) is 13.2 Å². The average Bonchev–Trinajstić information content (AvgIpc) is 2.48. The van der Waals surface area contributed by atoms with Crippen molar-refractivity contribution in [1.29, 1.82) is 0 Å². The molecule has 0 spiro atoms. The summed E-state index contributed by atoms with van der Waals surface area (Å²) < 4.78 is 28.7. The fraction of sp³-hybridized carbons (Fsp3) is 0.692. The zero-order valence-corrected chi connectivity index (χ0v) is 14.1. The van der Waals surface area contributed by atoms with E-state index in [9.17, 15) is 18.0 Å². The Kier molecular flexibility index (Phi) is 4.59. The summed E-state index contributed by atoms with van der Waals surface area (Å²) in [6.07, 6.45) is 2.54. The second kappa shape index (κ2) is 5.98. The van der Waals surface area contributed by atoms with Gasteiger partial charge in [-0.1, -0.05) is 0 Å². The molecule has 2 rings (SSSR count). The van der Waals surface area contributed by atoms with Crippen molar-refractivity contribution in [2.45, 2.75) is 23.8 Å². The fourth-order valence-electron chi connectivity index (χ4n) is 2.66. The smallest absolute Gasteiger partial charge is 0.306 e. The molecule has 0 unspecified atom stereocenters. The van der Waals surface area contributed by atoms with E-state index in [1.165, 1.54) is 25.4 Å². The van der Waals surface area contributed by atoms with Gasteiger partial charge in [-0.2, -0.15) is 4.31 Å². The molecule has 1 aliphatic heterocycles. The highest BCUT2D eigenvalue weighted by Gasteiger charge is 2.32. The second-order valence-electron chi connectivity index (χ2n) is 5.81. The third-order valence-electron chi connectivity index (χ3n) is 4.27. The number of hydrogen-bond donors (Lipinski definition) is 0. The van der Waals surface area contributed by atoms with Crippen molar-refractivity contribution in [2.75, 3.05) is 27.2 Å². The number of nitrogens with zero attached hydrogens (tertiary/aromatic N) is 4. The Morgan fingerprint density at radius 2 is 1.68 bits per heavy atom. The van der Waals surface area contributed by atoms with E-state index in [2.05, 4.69) is 4.90 Å². The summed E-state index contributed by atoms with van der Waals surface area (Å²) >= 11 is 0. The van der Waals surface area contributed by atoms with Crippen LogP contribution in [0.3, 0.4) is 0 Å².